The summed E-state index contributed by atoms with van der Waals surface area (Å²) in [5, 5.41) is 15.3. The Balaban J connectivity index is 1.37. The Morgan fingerprint density at radius 1 is 1.32 bits per heavy atom. The number of rotatable bonds is 8. The van der Waals surface area contributed by atoms with Crippen molar-refractivity contribution in [3.63, 3.8) is 0 Å². The number of nitrogens with zero attached hydrogens (tertiary/aromatic N) is 3. The van der Waals surface area contributed by atoms with Gasteiger partial charge >= 0.3 is 5.97 Å². The molecule has 3 aromatic rings. The second-order valence-electron chi connectivity index (χ2n) is 4.81. The molecule has 0 spiro atoms. The van der Waals surface area contributed by atoms with Gasteiger partial charge in [0.05, 0.1) is 9.75 Å². The Morgan fingerprint density at radius 3 is 2.92 bits per heavy atom. The van der Waals surface area contributed by atoms with Gasteiger partial charge in [0.2, 0.25) is 5.16 Å². The molecule has 0 aromatic carbocycles. The van der Waals surface area contributed by atoms with Crippen molar-refractivity contribution in [3.05, 3.63) is 39.9 Å². The van der Waals surface area contributed by atoms with E-state index in [-0.39, 0.29) is 12.3 Å². The Hall–Kier alpha value is -2.17. The summed E-state index contributed by atoms with van der Waals surface area (Å²) in [6, 6.07) is 7.62. The summed E-state index contributed by atoms with van der Waals surface area (Å²) < 4.78 is 0. The minimum absolute atomic E-state index is 0.208. The lowest BCUT2D eigenvalue weighted by molar-refractivity contribution is -0.143. The van der Waals surface area contributed by atoms with Crippen LogP contribution in [0.1, 0.15) is 17.7 Å². The molecule has 25 heavy (non-hydrogen) atoms. The SMILES string of the molecule is NC(=NOC(=O)CCCSc1n[nH]c(-c2cccs2)n1)c1cccs1. The van der Waals surface area contributed by atoms with Crippen molar-refractivity contribution in [2.75, 3.05) is 5.75 Å². The number of hydrogen-bond acceptors (Lipinski definition) is 8. The number of thiophene rings is 2. The Labute approximate surface area is 156 Å². The molecule has 0 aliphatic carbocycles. The zero-order valence-corrected chi connectivity index (χ0v) is 15.5. The molecule has 0 aliphatic heterocycles. The van der Waals surface area contributed by atoms with E-state index in [2.05, 4.69) is 20.3 Å². The van der Waals surface area contributed by atoms with Gasteiger partial charge in [0.1, 0.15) is 0 Å². The van der Waals surface area contributed by atoms with Crippen LogP contribution < -0.4 is 5.73 Å². The van der Waals surface area contributed by atoms with Gasteiger partial charge in [-0.1, -0.05) is 29.1 Å². The van der Waals surface area contributed by atoms with Crippen molar-refractivity contribution in [2.24, 2.45) is 10.9 Å². The second-order valence-corrected chi connectivity index (χ2v) is 7.77. The van der Waals surface area contributed by atoms with Gasteiger partial charge in [-0.15, -0.1) is 27.8 Å². The van der Waals surface area contributed by atoms with Crippen molar-refractivity contribution in [2.45, 2.75) is 18.0 Å². The first-order valence-electron chi connectivity index (χ1n) is 7.38. The van der Waals surface area contributed by atoms with Crippen molar-refractivity contribution < 1.29 is 9.63 Å². The molecule has 0 fully saturated rings. The van der Waals surface area contributed by atoms with Gasteiger partial charge in [-0.3, -0.25) is 5.10 Å². The third kappa shape index (κ3) is 5.15. The highest BCUT2D eigenvalue weighted by atomic mass is 32.2. The molecule has 0 saturated heterocycles. The van der Waals surface area contributed by atoms with E-state index in [0.29, 0.717) is 17.3 Å². The van der Waals surface area contributed by atoms with Crippen molar-refractivity contribution in [3.8, 4) is 10.7 Å². The first-order chi connectivity index (χ1) is 12.2. The maximum Gasteiger partial charge on any atom is 0.335 e. The molecule has 0 aliphatic rings. The van der Waals surface area contributed by atoms with Gasteiger partial charge in [-0.25, -0.2) is 9.78 Å². The molecular formula is C15H15N5O2S3. The van der Waals surface area contributed by atoms with Crippen LogP contribution in [0.25, 0.3) is 10.7 Å². The van der Waals surface area contributed by atoms with Gasteiger partial charge < -0.3 is 10.6 Å². The molecule has 0 unspecified atom stereocenters. The van der Waals surface area contributed by atoms with Crippen LogP contribution in [0.15, 0.2) is 45.3 Å². The molecule has 0 bridgehead atoms. The minimum Gasteiger partial charge on any atom is -0.380 e. The lowest BCUT2D eigenvalue weighted by Gasteiger charge is -1.99. The number of thioether (sulfide) groups is 1. The molecule has 3 rings (SSSR count). The monoisotopic (exact) mass is 393 g/mol. The fourth-order valence-corrected chi connectivity index (χ4v) is 3.85. The highest BCUT2D eigenvalue weighted by molar-refractivity contribution is 7.99. The number of hydrogen-bond donors (Lipinski definition) is 2. The topological polar surface area (TPSA) is 106 Å². The summed E-state index contributed by atoms with van der Waals surface area (Å²) >= 11 is 4.53. The molecule has 3 N–H and O–H groups in total. The first-order valence-corrected chi connectivity index (χ1v) is 10.1. The van der Waals surface area contributed by atoms with E-state index in [1.807, 2.05) is 35.0 Å². The summed E-state index contributed by atoms with van der Waals surface area (Å²) in [7, 11) is 0. The molecule has 0 amide bonds. The predicted octanol–water partition coefficient (Wildman–Crippen LogP) is 3.33. The number of nitrogens with two attached hydrogens (primary N) is 1. The van der Waals surface area contributed by atoms with E-state index < -0.39 is 5.97 Å². The maximum atomic E-state index is 11.7. The zero-order valence-electron chi connectivity index (χ0n) is 13.0. The molecule has 0 radical (unpaired) electrons. The third-order valence-corrected chi connectivity index (χ3v) is 5.70. The van der Waals surface area contributed by atoms with Crippen LogP contribution in [0.3, 0.4) is 0 Å². The maximum absolute atomic E-state index is 11.7. The minimum atomic E-state index is -0.408. The van der Waals surface area contributed by atoms with Gasteiger partial charge in [-0.05, 0) is 29.3 Å². The normalized spacial score (nSPS) is 11.6. The molecular weight excluding hydrogens is 378 g/mol. The smallest absolute Gasteiger partial charge is 0.335 e. The van der Waals surface area contributed by atoms with Crippen molar-refractivity contribution >= 4 is 46.2 Å². The van der Waals surface area contributed by atoms with Gasteiger partial charge in [0.15, 0.2) is 11.7 Å². The van der Waals surface area contributed by atoms with Crippen LogP contribution in [-0.2, 0) is 9.63 Å². The van der Waals surface area contributed by atoms with Gasteiger partial charge in [0.25, 0.3) is 0 Å². The Morgan fingerprint density at radius 2 is 2.16 bits per heavy atom. The number of amidine groups is 1. The van der Waals surface area contributed by atoms with Crippen LogP contribution in [0, 0.1) is 0 Å². The van der Waals surface area contributed by atoms with Crippen LogP contribution in [-0.4, -0.2) is 32.7 Å². The fourth-order valence-electron chi connectivity index (χ4n) is 1.83. The molecule has 7 nitrogen and oxygen atoms in total. The summed E-state index contributed by atoms with van der Waals surface area (Å²) in [4.78, 5) is 22.7. The average Bonchev–Trinajstić information content (AvgIpc) is 3.37. The summed E-state index contributed by atoms with van der Waals surface area (Å²) in [6.45, 7) is 0. The highest BCUT2D eigenvalue weighted by Gasteiger charge is 2.08. The van der Waals surface area contributed by atoms with E-state index in [9.17, 15) is 4.79 Å². The van der Waals surface area contributed by atoms with Crippen LogP contribution >= 0.6 is 34.4 Å². The first kappa shape index (κ1) is 17.6. The number of carbonyl (C=O) groups excluding carboxylic acids is 1. The quantitative estimate of drug-likeness (QED) is 0.152. The third-order valence-electron chi connectivity index (χ3n) is 3.00. The van der Waals surface area contributed by atoms with Crippen LogP contribution in [0.2, 0.25) is 0 Å². The lowest BCUT2D eigenvalue weighted by Crippen LogP contribution is -2.13. The summed E-state index contributed by atoms with van der Waals surface area (Å²) in [6.07, 6.45) is 0.900. The zero-order chi connectivity index (χ0) is 17.5. The largest absolute Gasteiger partial charge is 0.380 e. The van der Waals surface area contributed by atoms with Crippen molar-refractivity contribution in [1.29, 1.82) is 0 Å². The molecule has 0 atom stereocenters. The molecule has 3 aromatic heterocycles. The number of aromatic amines is 1. The standard InChI is InChI=1S/C15H15N5O2S3/c16-13(10-4-1-7-23-10)20-22-12(21)6-3-9-25-15-17-14(18-19-15)11-5-2-8-24-11/h1-2,4-5,7-8H,3,6,9H2,(H2,16,20)(H,17,18,19). The van der Waals surface area contributed by atoms with E-state index in [1.165, 1.54) is 23.1 Å². The molecule has 130 valence electrons. The number of oxime groups is 1. The van der Waals surface area contributed by atoms with Crippen LogP contribution in [0.5, 0.6) is 0 Å². The lowest BCUT2D eigenvalue weighted by atomic mass is 10.3. The number of aromatic nitrogens is 3. The average molecular weight is 394 g/mol. The summed E-state index contributed by atoms with van der Waals surface area (Å²) in [5.41, 5.74) is 5.72. The molecule has 3 heterocycles. The van der Waals surface area contributed by atoms with Gasteiger partial charge in [0, 0.05) is 12.2 Å². The highest BCUT2D eigenvalue weighted by Crippen LogP contribution is 2.23. The molecule has 10 heteroatoms. The van der Waals surface area contributed by atoms with E-state index in [1.54, 1.807) is 11.3 Å². The summed E-state index contributed by atoms with van der Waals surface area (Å²) in [5.74, 6) is 1.27. The van der Waals surface area contributed by atoms with Gasteiger partial charge in [-0.2, -0.15) is 0 Å². The predicted molar refractivity (Wildman–Crippen MR) is 101 cm³/mol. The number of H-pyrrole nitrogens is 1. The number of carbonyl (C=O) groups is 1. The fraction of sp³-hybridized carbons (Fsp3) is 0.200. The Kier molecular flexibility index (Phi) is 6.20. The van der Waals surface area contributed by atoms with E-state index >= 15 is 0 Å². The van der Waals surface area contributed by atoms with Crippen molar-refractivity contribution in [1.82, 2.24) is 15.2 Å². The second kappa shape index (κ2) is 8.79. The number of nitrogens with one attached hydrogen (secondary N) is 1. The molecule has 0 saturated carbocycles. The Bertz CT molecular complexity index is 827. The van der Waals surface area contributed by atoms with Crippen LogP contribution in [0.4, 0.5) is 0 Å². The van der Waals surface area contributed by atoms with E-state index in [4.69, 9.17) is 10.6 Å². The van der Waals surface area contributed by atoms with E-state index in [0.717, 1.165) is 15.6 Å².